The molecule has 0 saturated carbocycles. The zero-order valence-electron chi connectivity index (χ0n) is 18.5. The van der Waals surface area contributed by atoms with Crippen molar-refractivity contribution in [1.29, 1.82) is 0 Å². The van der Waals surface area contributed by atoms with E-state index in [-0.39, 0.29) is 12.0 Å². The molecular formula is C26H25N5O2. The van der Waals surface area contributed by atoms with Crippen molar-refractivity contribution in [2.45, 2.75) is 26.5 Å². The minimum Gasteiger partial charge on any atom is -0.482 e. The molecule has 4 rings (SSSR count). The van der Waals surface area contributed by atoms with Crippen LogP contribution in [0.1, 0.15) is 40.1 Å². The van der Waals surface area contributed by atoms with E-state index in [1.807, 2.05) is 62.4 Å². The van der Waals surface area contributed by atoms with Crippen molar-refractivity contribution >= 4 is 17.7 Å². The number of aryl methyl sites for hydroxylation is 1. The molecule has 2 aromatic heterocycles. The van der Waals surface area contributed by atoms with E-state index in [4.69, 9.17) is 4.74 Å². The number of aromatic nitrogens is 3. The molecule has 0 bridgehead atoms. The van der Waals surface area contributed by atoms with Crippen LogP contribution in [0.5, 0.6) is 5.75 Å². The minimum atomic E-state index is -0.309. The molecule has 0 aliphatic heterocycles. The van der Waals surface area contributed by atoms with Crippen LogP contribution in [0.2, 0.25) is 0 Å². The van der Waals surface area contributed by atoms with Crippen molar-refractivity contribution in [3.8, 4) is 5.75 Å². The average Bonchev–Trinajstić information content (AvgIpc) is 2.85. The number of hydrogen-bond acceptors (Lipinski definition) is 6. The van der Waals surface area contributed by atoms with Crippen LogP contribution in [-0.4, -0.2) is 20.9 Å². The van der Waals surface area contributed by atoms with Crippen molar-refractivity contribution in [1.82, 2.24) is 20.3 Å². The standard InChI is InChI=1S/C26H25N5O2/c1-18-9-11-20(12-10-18)17-30-25(32)22-7-3-6-21(16-22)19(2)33-23-8-4-13-27-24(23)31-26-28-14-5-15-29-26/h3-16,19H,17H2,1-2H3,(H,30,32)(H,27,28,29,31). The van der Waals surface area contributed by atoms with E-state index in [0.29, 0.717) is 29.6 Å². The van der Waals surface area contributed by atoms with Gasteiger partial charge < -0.3 is 15.4 Å². The van der Waals surface area contributed by atoms with Crippen LogP contribution in [0.15, 0.2) is 85.3 Å². The van der Waals surface area contributed by atoms with Gasteiger partial charge in [-0.25, -0.2) is 15.0 Å². The molecule has 7 nitrogen and oxygen atoms in total. The summed E-state index contributed by atoms with van der Waals surface area (Å²) in [7, 11) is 0. The Kier molecular flexibility index (Phi) is 6.90. The Labute approximate surface area is 192 Å². The zero-order chi connectivity index (χ0) is 23.0. The Hall–Kier alpha value is -4.26. The first-order valence-corrected chi connectivity index (χ1v) is 10.7. The number of carbonyl (C=O) groups excluding carboxylic acids is 1. The smallest absolute Gasteiger partial charge is 0.251 e. The number of benzene rings is 2. The van der Waals surface area contributed by atoms with Crippen LogP contribution >= 0.6 is 0 Å². The molecule has 1 unspecified atom stereocenters. The summed E-state index contributed by atoms with van der Waals surface area (Å²) in [6, 6.07) is 20.9. The van der Waals surface area contributed by atoms with E-state index >= 15 is 0 Å². The van der Waals surface area contributed by atoms with Crippen LogP contribution < -0.4 is 15.4 Å². The molecule has 166 valence electrons. The fourth-order valence-corrected chi connectivity index (χ4v) is 3.23. The summed E-state index contributed by atoms with van der Waals surface area (Å²) in [6.45, 7) is 4.44. The predicted octanol–water partition coefficient (Wildman–Crippen LogP) is 4.99. The summed E-state index contributed by atoms with van der Waals surface area (Å²) in [4.78, 5) is 25.4. The van der Waals surface area contributed by atoms with Gasteiger partial charge in [-0.3, -0.25) is 4.79 Å². The summed E-state index contributed by atoms with van der Waals surface area (Å²) in [5, 5.41) is 6.05. The monoisotopic (exact) mass is 439 g/mol. The number of hydrogen-bond donors (Lipinski definition) is 2. The molecule has 2 aromatic carbocycles. The fourth-order valence-electron chi connectivity index (χ4n) is 3.23. The SMILES string of the molecule is Cc1ccc(CNC(=O)c2cccc(C(C)Oc3cccnc3Nc3ncccn3)c2)cc1. The van der Waals surface area contributed by atoms with Gasteiger partial charge >= 0.3 is 0 Å². The second-order valence-corrected chi connectivity index (χ2v) is 7.60. The van der Waals surface area contributed by atoms with Crippen LogP contribution in [0.25, 0.3) is 0 Å². The summed E-state index contributed by atoms with van der Waals surface area (Å²) in [5.74, 6) is 1.38. The first-order valence-electron chi connectivity index (χ1n) is 10.7. The van der Waals surface area contributed by atoms with Crippen LogP contribution in [0.3, 0.4) is 0 Å². The van der Waals surface area contributed by atoms with E-state index < -0.39 is 0 Å². The van der Waals surface area contributed by atoms with Gasteiger partial charge in [0.25, 0.3) is 5.91 Å². The minimum absolute atomic E-state index is 0.130. The maximum Gasteiger partial charge on any atom is 0.251 e. The van der Waals surface area contributed by atoms with Crippen LogP contribution in [0, 0.1) is 6.92 Å². The van der Waals surface area contributed by atoms with Gasteiger partial charge in [0.05, 0.1) is 0 Å². The molecular weight excluding hydrogens is 414 g/mol. The number of nitrogens with one attached hydrogen (secondary N) is 2. The van der Waals surface area contributed by atoms with Gasteiger partial charge in [0.2, 0.25) is 5.95 Å². The molecule has 0 fully saturated rings. The molecule has 4 aromatic rings. The third-order valence-corrected chi connectivity index (χ3v) is 5.06. The summed E-state index contributed by atoms with van der Waals surface area (Å²) in [5.41, 5.74) is 3.71. The van der Waals surface area contributed by atoms with Gasteiger partial charge in [0.1, 0.15) is 6.10 Å². The number of rotatable bonds is 8. The molecule has 0 spiro atoms. The third-order valence-electron chi connectivity index (χ3n) is 5.06. The second-order valence-electron chi connectivity index (χ2n) is 7.60. The molecule has 2 N–H and O–H groups in total. The van der Waals surface area contributed by atoms with E-state index in [1.54, 1.807) is 36.8 Å². The van der Waals surface area contributed by atoms with E-state index in [1.165, 1.54) is 5.56 Å². The summed E-state index contributed by atoms with van der Waals surface area (Å²) in [6.07, 6.45) is 4.66. The van der Waals surface area contributed by atoms with Gasteiger partial charge in [-0.1, -0.05) is 42.0 Å². The third kappa shape index (κ3) is 5.92. The highest BCUT2D eigenvalue weighted by Gasteiger charge is 2.14. The number of amides is 1. The summed E-state index contributed by atoms with van der Waals surface area (Å²) < 4.78 is 6.17. The highest BCUT2D eigenvalue weighted by Crippen LogP contribution is 2.29. The molecule has 1 amide bonds. The van der Waals surface area contributed by atoms with Crippen molar-refractivity contribution in [2.75, 3.05) is 5.32 Å². The van der Waals surface area contributed by atoms with Gasteiger partial charge in [0.15, 0.2) is 11.6 Å². The highest BCUT2D eigenvalue weighted by molar-refractivity contribution is 5.94. The first-order chi connectivity index (χ1) is 16.1. The van der Waals surface area contributed by atoms with Crippen molar-refractivity contribution < 1.29 is 9.53 Å². The maximum absolute atomic E-state index is 12.7. The Balaban J connectivity index is 1.43. The van der Waals surface area contributed by atoms with Crippen molar-refractivity contribution in [3.63, 3.8) is 0 Å². The quantitative estimate of drug-likeness (QED) is 0.402. The average molecular weight is 440 g/mol. The normalized spacial score (nSPS) is 11.5. The molecule has 2 heterocycles. The Bertz CT molecular complexity index is 1210. The predicted molar refractivity (Wildman–Crippen MR) is 127 cm³/mol. The number of carbonyl (C=O) groups is 1. The molecule has 7 heteroatoms. The largest absolute Gasteiger partial charge is 0.482 e. The Morgan fingerprint density at radius 2 is 1.70 bits per heavy atom. The van der Waals surface area contributed by atoms with Crippen LogP contribution in [0.4, 0.5) is 11.8 Å². The second kappa shape index (κ2) is 10.4. The number of anilines is 2. The molecule has 1 atom stereocenters. The number of nitrogens with zero attached hydrogens (tertiary/aromatic N) is 3. The van der Waals surface area contributed by atoms with E-state index in [9.17, 15) is 4.79 Å². The lowest BCUT2D eigenvalue weighted by molar-refractivity contribution is 0.0950. The maximum atomic E-state index is 12.7. The van der Waals surface area contributed by atoms with E-state index in [0.717, 1.165) is 11.1 Å². The van der Waals surface area contributed by atoms with E-state index in [2.05, 4.69) is 25.6 Å². The van der Waals surface area contributed by atoms with Crippen LogP contribution in [-0.2, 0) is 6.54 Å². The summed E-state index contributed by atoms with van der Waals surface area (Å²) >= 11 is 0. The first kappa shape index (κ1) is 22.0. The molecule has 0 radical (unpaired) electrons. The van der Waals surface area contributed by atoms with Crippen molar-refractivity contribution in [2.24, 2.45) is 0 Å². The van der Waals surface area contributed by atoms with Crippen molar-refractivity contribution in [3.05, 3.63) is 108 Å². The molecule has 0 aliphatic carbocycles. The highest BCUT2D eigenvalue weighted by atomic mass is 16.5. The van der Waals surface area contributed by atoms with Gasteiger partial charge in [-0.2, -0.15) is 0 Å². The lowest BCUT2D eigenvalue weighted by Crippen LogP contribution is -2.23. The number of pyridine rings is 1. The topological polar surface area (TPSA) is 89.0 Å². The Morgan fingerprint density at radius 1 is 0.939 bits per heavy atom. The lowest BCUT2D eigenvalue weighted by atomic mass is 10.1. The van der Waals surface area contributed by atoms with Gasteiger partial charge in [-0.05, 0) is 55.3 Å². The zero-order valence-corrected chi connectivity index (χ0v) is 18.5. The lowest BCUT2D eigenvalue weighted by Gasteiger charge is -2.18. The molecule has 0 saturated heterocycles. The fraction of sp³-hybridized carbons (Fsp3) is 0.154. The molecule has 0 aliphatic rings. The van der Waals surface area contributed by atoms with Gasteiger partial charge in [0, 0.05) is 30.7 Å². The molecule has 33 heavy (non-hydrogen) atoms. The van der Waals surface area contributed by atoms with Gasteiger partial charge in [-0.15, -0.1) is 0 Å². The Morgan fingerprint density at radius 3 is 2.48 bits per heavy atom. The number of ether oxygens (including phenoxy) is 1.